The summed E-state index contributed by atoms with van der Waals surface area (Å²) in [6, 6.07) is 8.85. The summed E-state index contributed by atoms with van der Waals surface area (Å²) in [7, 11) is 3.76. The standard InChI is InChI=1S/C15H25NO/c1-11(2)12(3)15(16-4)10-13-7-6-8-14(9-13)17-5/h6-9,11-12,15-16H,10H2,1-5H3. The van der Waals surface area contributed by atoms with E-state index >= 15 is 0 Å². The normalized spacial score (nSPS) is 14.7. The molecule has 0 aromatic heterocycles. The lowest BCUT2D eigenvalue weighted by Gasteiger charge is -2.26. The van der Waals surface area contributed by atoms with Gasteiger partial charge in [0, 0.05) is 6.04 Å². The average molecular weight is 235 g/mol. The monoisotopic (exact) mass is 235 g/mol. The molecule has 0 saturated heterocycles. The Labute approximate surface area is 105 Å². The summed E-state index contributed by atoms with van der Waals surface area (Å²) in [6.45, 7) is 6.87. The van der Waals surface area contributed by atoms with Crippen LogP contribution in [0.25, 0.3) is 0 Å². The minimum Gasteiger partial charge on any atom is -0.497 e. The second-order valence-corrected chi connectivity index (χ2v) is 5.05. The van der Waals surface area contributed by atoms with Crippen LogP contribution in [0.5, 0.6) is 5.75 Å². The van der Waals surface area contributed by atoms with Gasteiger partial charge in [0.15, 0.2) is 0 Å². The zero-order valence-electron chi connectivity index (χ0n) is 11.7. The molecule has 1 aromatic rings. The van der Waals surface area contributed by atoms with E-state index in [1.807, 2.05) is 13.1 Å². The fourth-order valence-corrected chi connectivity index (χ4v) is 2.07. The molecule has 2 unspecified atom stereocenters. The summed E-state index contributed by atoms with van der Waals surface area (Å²) >= 11 is 0. The van der Waals surface area contributed by atoms with Crippen molar-refractivity contribution in [3.63, 3.8) is 0 Å². The summed E-state index contributed by atoms with van der Waals surface area (Å²) < 4.78 is 5.26. The number of likely N-dealkylation sites (N-methyl/N-ethyl adjacent to an activating group) is 1. The summed E-state index contributed by atoms with van der Waals surface area (Å²) in [4.78, 5) is 0. The first-order valence-corrected chi connectivity index (χ1v) is 6.38. The third-order valence-electron chi connectivity index (χ3n) is 3.65. The van der Waals surface area contributed by atoms with Crippen LogP contribution in [-0.2, 0) is 6.42 Å². The van der Waals surface area contributed by atoms with E-state index in [9.17, 15) is 0 Å². The van der Waals surface area contributed by atoms with Gasteiger partial charge in [-0.15, -0.1) is 0 Å². The quantitative estimate of drug-likeness (QED) is 0.818. The van der Waals surface area contributed by atoms with Gasteiger partial charge in [0.25, 0.3) is 0 Å². The van der Waals surface area contributed by atoms with Crippen LogP contribution >= 0.6 is 0 Å². The lowest BCUT2D eigenvalue weighted by atomic mass is 9.87. The molecule has 0 aliphatic carbocycles. The van der Waals surface area contributed by atoms with Crippen LogP contribution in [0.3, 0.4) is 0 Å². The molecule has 0 heterocycles. The first-order chi connectivity index (χ1) is 8.08. The second kappa shape index (κ2) is 6.65. The van der Waals surface area contributed by atoms with Crippen LogP contribution in [0.15, 0.2) is 24.3 Å². The summed E-state index contributed by atoms with van der Waals surface area (Å²) in [5, 5.41) is 3.43. The molecule has 96 valence electrons. The van der Waals surface area contributed by atoms with E-state index in [1.54, 1.807) is 7.11 Å². The molecule has 0 saturated carbocycles. The molecule has 2 heteroatoms. The van der Waals surface area contributed by atoms with E-state index in [1.165, 1.54) is 5.56 Å². The average Bonchev–Trinajstić information content (AvgIpc) is 2.35. The maximum Gasteiger partial charge on any atom is 0.119 e. The Kier molecular flexibility index (Phi) is 5.49. The van der Waals surface area contributed by atoms with Crippen LogP contribution < -0.4 is 10.1 Å². The molecule has 0 aliphatic heterocycles. The van der Waals surface area contributed by atoms with Crippen LogP contribution in [0.2, 0.25) is 0 Å². The molecule has 1 N–H and O–H groups in total. The van der Waals surface area contributed by atoms with Crippen molar-refractivity contribution in [1.82, 2.24) is 5.32 Å². The SMILES string of the molecule is CNC(Cc1cccc(OC)c1)C(C)C(C)C. The molecule has 0 amide bonds. The van der Waals surface area contributed by atoms with Crippen molar-refractivity contribution in [2.24, 2.45) is 11.8 Å². The predicted molar refractivity (Wildman–Crippen MR) is 73.5 cm³/mol. The largest absolute Gasteiger partial charge is 0.497 e. The van der Waals surface area contributed by atoms with Crippen molar-refractivity contribution in [3.8, 4) is 5.75 Å². The summed E-state index contributed by atoms with van der Waals surface area (Å²) in [6.07, 6.45) is 1.05. The number of benzene rings is 1. The Morgan fingerprint density at radius 3 is 2.47 bits per heavy atom. The van der Waals surface area contributed by atoms with Crippen molar-refractivity contribution < 1.29 is 4.74 Å². The number of methoxy groups -OCH3 is 1. The van der Waals surface area contributed by atoms with Crippen molar-refractivity contribution in [3.05, 3.63) is 29.8 Å². The predicted octanol–water partition coefficient (Wildman–Crippen LogP) is 3.12. The lowest BCUT2D eigenvalue weighted by Crippen LogP contribution is -2.36. The smallest absolute Gasteiger partial charge is 0.119 e. The second-order valence-electron chi connectivity index (χ2n) is 5.05. The molecule has 0 aliphatic rings. The van der Waals surface area contributed by atoms with Gasteiger partial charge in [-0.2, -0.15) is 0 Å². The maximum absolute atomic E-state index is 5.26. The Bertz CT molecular complexity index is 335. The Morgan fingerprint density at radius 1 is 1.24 bits per heavy atom. The topological polar surface area (TPSA) is 21.3 Å². The molecule has 2 atom stereocenters. The Balaban J connectivity index is 2.73. The summed E-state index contributed by atoms with van der Waals surface area (Å²) in [5.74, 6) is 2.29. The van der Waals surface area contributed by atoms with Gasteiger partial charge in [-0.05, 0) is 43.0 Å². The van der Waals surface area contributed by atoms with E-state index in [2.05, 4.69) is 44.3 Å². The number of hydrogen-bond donors (Lipinski definition) is 1. The molecule has 1 rings (SSSR count). The van der Waals surface area contributed by atoms with E-state index in [4.69, 9.17) is 4.74 Å². The van der Waals surface area contributed by atoms with Gasteiger partial charge in [0.05, 0.1) is 7.11 Å². The molecular formula is C15H25NO. The highest BCUT2D eigenvalue weighted by atomic mass is 16.5. The van der Waals surface area contributed by atoms with Crippen molar-refractivity contribution in [2.45, 2.75) is 33.2 Å². The lowest BCUT2D eigenvalue weighted by molar-refractivity contribution is 0.309. The maximum atomic E-state index is 5.26. The zero-order valence-corrected chi connectivity index (χ0v) is 11.7. The van der Waals surface area contributed by atoms with Crippen molar-refractivity contribution in [1.29, 1.82) is 0 Å². The Hall–Kier alpha value is -1.02. The highest BCUT2D eigenvalue weighted by Gasteiger charge is 2.18. The Morgan fingerprint density at radius 2 is 1.94 bits per heavy atom. The summed E-state index contributed by atoms with van der Waals surface area (Å²) in [5.41, 5.74) is 1.33. The van der Waals surface area contributed by atoms with E-state index in [0.29, 0.717) is 17.9 Å². The third-order valence-corrected chi connectivity index (χ3v) is 3.65. The van der Waals surface area contributed by atoms with Crippen LogP contribution in [0, 0.1) is 11.8 Å². The van der Waals surface area contributed by atoms with Gasteiger partial charge in [0.2, 0.25) is 0 Å². The van der Waals surface area contributed by atoms with Crippen LogP contribution in [-0.4, -0.2) is 20.2 Å². The molecule has 1 aromatic carbocycles. The molecule has 0 radical (unpaired) electrons. The zero-order chi connectivity index (χ0) is 12.8. The van der Waals surface area contributed by atoms with E-state index < -0.39 is 0 Å². The van der Waals surface area contributed by atoms with Crippen molar-refractivity contribution in [2.75, 3.05) is 14.2 Å². The highest BCUT2D eigenvalue weighted by Crippen LogP contribution is 2.20. The molecule has 0 bridgehead atoms. The van der Waals surface area contributed by atoms with Gasteiger partial charge >= 0.3 is 0 Å². The van der Waals surface area contributed by atoms with Gasteiger partial charge in [-0.3, -0.25) is 0 Å². The molecule has 2 nitrogen and oxygen atoms in total. The van der Waals surface area contributed by atoms with Gasteiger partial charge in [0.1, 0.15) is 5.75 Å². The fourth-order valence-electron chi connectivity index (χ4n) is 2.07. The molecular weight excluding hydrogens is 210 g/mol. The van der Waals surface area contributed by atoms with E-state index in [0.717, 1.165) is 12.2 Å². The number of nitrogens with one attached hydrogen (secondary N) is 1. The van der Waals surface area contributed by atoms with E-state index in [-0.39, 0.29) is 0 Å². The minimum atomic E-state index is 0.516. The highest BCUT2D eigenvalue weighted by molar-refractivity contribution is 5.29. The van der Waals surface area contributed by atoms with Gasteiger partial charge in [-0.25, -0.2) is 0 Å². The number of ether oxygens (including phenoxy) is 1. The fraction of sp³-hybridized carbons (Fsp3) is 0.600. The first kappa shape index (κ1) is 14.0. The number of rotatable bonds is 6. The molecule has 0 spiro atoms. The molecule has 0 fully saturated rings. The van der Waals surface area contributed by atoms with Crippen LogP contribution in [0.1, 0.15) is 26.3 Å². The first-order valence-electron chi connectivity index (χ1n) is 6.38. The minimum absolute atomic E-state index is 0.516. The molecule has 17 heavy (non-hydrogen) atoms. The third kappa shape index (κ3) is 4.04. The van der Waals surface area contributed by atoms with Crippen molar-refractivity contribution >= 4 is 0 Å². The van der Waals surface area contributed by atoms with Gasteiger partial charge < -0.3 is 10.1 Å². The number of hydrogen-bond acceptors (Lipinski definition) is 2. The van der Waals surface area contributed by atoms with Gasteiger partial charge in [-0.1, -0.05) is 32.9 Å². The van der Waals surface area contributed by atoms with Crippen LogP contribution in [0.4, 0.5) is 0 Å².